The molecule has 1 N–H and O–H groups in total. The molecule has 144 valence electrons. The maximum atomic E-state index is 12.3. The molecule has 1 amide bonds. The second kappa shape index (κ2) is 7.98. The molecular weight excluding hydrogens is 368 g/mol. The van der Waals surface area contributed by atoms with E-state index in [0.717, 1.165) is 16.3 Å². The zero-order valence-electron chi connectivity index (χ0n) is 15.7. The molecule has 0 saturated carbocycles. The van der Waals surface area contributed by atoms with Crippen LogP contribution in [0.2, 0.25) is 0 Å². The fourth-order valence-corrected chi connectivity index (χ4v) is 2.95. The van der Waals surface area contributed by atoms with Crippen LogP contribution in [0.15, 0.2) is 77.2 Å². The Labute approximate surface area is 167 Å². The van der Waals surface area contributed by atoms with Crippen molar-refractivity contribution in [1.29, 1.82) is 0 Å². The minimum atomic E-state index is -0.706. The Bertz CT molecular complexity index is 1180. The SMILES string of the molecule is Cc1oc(-c2ccccc2)nc1C(=O)OCC(=O)Nc1ccc2ccccc2c1. The van der Waals surface area contributed by atoms with E-state index in [9.17, 15) is 9.59 Å². The first-order chi connectivity index (χ1) is 14.1. The van der Waals surface area contributed by atoms with Gasteiger partial charge in [-0.1, -0.05) is 48.5 Å². The van der Waals surface area contributed by atoms with Crippen LogP contribution in [0.25, 0.3) is 22.2 Å². The summed E-state index contributed by atoms with van der Waals surface area (Å²) in [5.74, 6) is -0.473. The van der Waals surface area contributed by atoms with Crippen molar-refractivity contribution in [2.45, 2.75) is 6.92 Å². The maximum Gasteiger partial charge on any atom is 0.361 e. The standard InChI is InChI=1S/C23H18N2O4/c1-15-21(25-22(29-15)17-8-3-2-4-9-17)23(27)28-14-20(26)24-19-12-11-16-7-5-6-10-18(16)13-19/h2-13H,14H2,1H3,(H,24,26). The Kier molecular flexibility index (Phi) is 5.07. The molecule has 0 atom stereocenters. The summed E-state index contributed by atoms with van der Waals surface area (Å²) < 4.78 is 10.7. The van der Waals surface area contributed by atoms with Crippen molar-refractivity contribution in [3.05, 3.63) is 84.3 Å². The Morgan fingerprint density at radius 1 is 0.966 bits per heavy atom. The topological polar surface area (TPSA) is 81.4 Å². The molecule has 0 fully saturated rings. The van der Waals surface area contributed by atoms with Crippen molar-refractivity contribution >= 4 is 28.3 Å². The van der Waals surface area contributed by atoms with Crippen LogP contribution in [0, 0.1) is 6.92 Å². The average molecular weight is 386 g/mol. The molecule has 0 saturated heterocycles. The van der Waals surface area contributed by atoms with E-state index in [2.05, 4.69) is 10.3 Å². The van der Waals surface area contributed by atoms with Crippen molar-refractivity contribution in [2.75, 3.05) is 11.9 Å². The normalized spacial score (nSPS) is 10.7. The van der Waals surface area contributed by atoms with Crippen molar-refractivity contribution < 1.29 is 18.7 Å². The molecule has 1 heterocycles. The highest BCUT2D eigenvalue weighted by molar-refractivity contribution is 5.97. The quantitative estimate of drug-likeness (QED) is 0.507. The molecule has 0 radical (unpaired) electrons. The van der Waals surface area contributed by atoms with E-state index >= 15 is 0 Å². The number of nitrogens with zero attached hydrogens (tertiary/aromatic N) is 1. The van der Waals surface area contributed by atoms with Crippen LogP contribution in [-0.2, 0) is 9.53 Å². The number of anilines is 1. The second-order valence-corrected chi connectivity index (χ2v) is 6.48. The highest BCUT2D eigenvalue weighted by Gasteiger charge is 2.20. The van der Waals surface area contributed by atoms with E-state index < -0.39 is 18.5 Å². The molecular formula is C23H18N2O4. The number of benzene rings is 3. The predicted molar refractivity (Wildman–Crippen MR) is 110 cm³/mol. The molecule has 0 bridgehead atoms. The lowest BCUT2D eigenvalue weighted by molar-refractivity contribution is -0.119. The monoisotopic (exact) mass is 386 g/mol. The van der Waals surface area contributed by atoms with Gasteiger partial charge in [0.2, 0.25) is 5.89 Å². The molecule has 6 nitrogen and oxygen atoms in total. The number of carbonyl (C=O) groups excluding carboxylic acids is 2. The average Bonchev–Trinajstić information content (AvgIpc) is 3.14. The summed E-state index contributed by atoms with van der Waals surface area (Å²) >= 11 is 0. The van der Waals surface area contributed by atoms with E-state index in [1.165, 1.54) is 0 Å². The molecule has 3 aromatic carbocycles. The van der Waals surface area contributed by atoms with Gasteiger partial charge in [0.05, 0.1) is 0 Å². The fourth-order valence-electron chi connectivity index (χ4n) is 2.95. The van der Waals surface area contributed by atoms with Gasteiger partial charge >= 0.3 is 5.97 Å². The second-order valence-electron chi connectivity index (χ2n) is 6.48. The van der Waals surface area contributed by atoms with E-state index in [1.54, 1.807) is 13.0 Å². The van der Waals surface area contributed by atoms with E-state index in [4.69, 9.17) is 9.15 Å². The van der Waals surface area contributed by atoms with Crippen molar-refractivity contribution in [3.8, 4) is 11.5 Å². The van der Waals surface area contributed by atoms with Crippen molar-refractivity contribution in [1.82, 2.24) is 4.98 Å². The number of aromatic nitrogens is 1. The third-order valence-corrected chi connectivity index (χ3v) is 4.38. The van der Waals surface area contributed by atoms with Gasteiger partial charge in [0.1, 0.15) is 5.76 Å². The van der Waals surface area contributed by atoms with Crippen molar-refractivity contribution in [3.63, 3.8) is 0 Å². The Morgan fingerprint density at radius 3 is 2.48 bits per heavy atom. The number of esters is 1. The lowest BCUT2D eigenvalue weighted by Gasteiger charge is -2.07. The van der Waals surface area contributed by atoms with E-state index in [-0.39, 0.29) is 5.69 Å². The number of ether oxygens (including phenoxy) is 1. The molecule has 4 aromatic rings. The van der Waals surface area contributed by atoms with Crippen LogP contribution >= 0.6 is 0 Å². The fraction of sp³-hybridized carbons (Fsp3) is 0.0870. The van der Waals surface area contributed by atoms with Gasteiger partial charge in [-0.25, -0.2) is 9.78 Å². The maximum absolute atomic E-state index is 12.3. The van der Waals surface area contributed by atoms with Crippen LogP contribution in [0.5, 0.6) is 0 Å². The molecule has 0 unspecified atom stereocenters. The van der Waals surface area contributed by atoms with E-state index in [0.29, 0.717) is 17.3 Å². The minimum absolute atomic E-state index is 0.0577. The van der Waals surface area contributed by atoms with Gasteiger partial charge in [0, 0.05) is 11.3 Å². The Morgan fingerprint density at radius 2 is 1.69 bits per heavy atom. The summed E-state index contributed by atoms with van der Waals surface area (Å²) in [6.07, 6.45) is 0. The lowest BCUT2D eigenvalue weighted by atomic mass is 10.1. The molecule has 0 aliphatic heterocycles. The summed E-state index contributed by atoms with van der Waals surface area (Å²) in [5, 5.41) is 4.81. The van der Waals surface area contributed by atoms with Crippen LogP contribution in [0.3, 0.4) is 0 Å². The number of rotatable bonds is 5. The van der Waals surface area contributed by atoms with Crippen molar-refractivity contribution in [2.24, 2.45) is 0 Å². The van der Waals surface area contributed by atoms with Gasteiger partial charge in [-0.3, -0.25) is 4.79 Å². The number of oxazole rings is 1. The molecule has 6 heteroatoms. The molecule has 0 aliphatic carbocycles. The Hall–Kier alpha value is -3.93. The van der Waals surface area contributed by atoms with Gasteiger partial charge in [0.15, 0.2) is 12.3 Å². The van der Waals surface area contributed by atoms with Crippen LogP contribution in [0.1, 0.15) is 16.2 Å². The third kappa shape index (κ3) is 4.16. The first kappa shape index (κ1) is 18.4. The zero-order valence-corrected chi connectivity index (χ0v) is 15.7. The molecule has 29 heavy (non-hydrogen) atoms. The highest BCUT2D eigenvalue weighted by atomic mass is 16.5. The van der Waals surface area contributed by atoms with Crippen LogP contribution in [0.4, 0.5) is 5.69 Å². The molecule has 0 spiro atoms. The number of hydrogen-bond acceptors (Lipinski definition) is 5. The first-order valence-electron chi connectivity index (χ1n) is 9.09. The van der Waals surface area contributed by atoms with Crippen LogP contribution < -0.4 is 5.32 Å². The van der Waals surface area contributed by atoms with Gasteiger partial charge in [-0.05, 0) is 42.0 Å². The number of fused-ring (bicyclic) bond motifs is 1. The smallest absolute Gasteiger partial charge is 0.361 e. The largest absolute Gasteiger partial charge is 0.451 e. The van der Waals surface area contributed by atoms with Gasteiger partial charge < -0.3 is 14.5 Å². The zero-order chi connectivity index (χ0) is 20.2. The summed E-state index contributed by atoms with van der Waals surface area (Å²) in [5.41, 5.74) is 1.44. The third-order valence-electron chi connectivity index (χ3n) is 4.38. The number of nitrogens with one attached hydrogen (secondary N) is 1. The van der Waals surface area contributed by atoms with E-state index in [1.807, 2.05) is 66.7 Å². The summed E-state index contributed by atoms with van der Waals surface area (Å²) in [7, 11) is 0. The predicted octanol–water partition coefficient (Wildman–Crippen LogP) is 4.60. The minimum Gasteiger partial charge on any atom is -0.451 e. The summed E-state index contributed by atoms with van der Waals surface area (Å²) in [6.45, 7) is 1.21. The number of carbonyl (C=O) groups is 2. The molecule has 4 rings (SSSR count). The van der Waals surface area contributed by atoms with Gasteiger partial charge in [-0.15, -0.1) is 0 Å². The van der Waals surface area contributed by atoms with Gasteiger partial charge in [0.25, 0.3) is 5.91 Å². The highest BCUT2D eigenvalue weighted by Crippen LogP contribution is 2.22. The lowest BCUT2D eigenvalue weighted by Crippen LogP contribution is -2.21. The van der Waals surface area contributed by atoms with Crippen LogP contribution in [-0.4, -0.2) is 23.5 Å². The molecule has 0 aliphatic rings. The van der Waals surface area contributed by atoms with Gasteiger partial charge in [-0.2, -0.15) is 0 Å². The molecule has 1 aromatic heterocycles. The number of hydrogen-bond donors (Lipinski definition) is 1. The number of amides is 1. The Balaban J connectivity index is 1.39. The summed E-state index contributed by atoms with van der Waals surface area (Å²) in [4.78, 5) is 28.7. The summed E-state index contributed by atoms with van der Waals surface area (Å²) in [6, 6.07) is 22.7. The first-order valence-corrected chi connectivity index (χ1v) is 9.09. The number of aryl methyl sites for hydroxylation is 1.